The average molecular weight is 594 g/mol. The lowest BCUT2D eigenvalue weighted by atomic mass is 9.78. The fraction of sp³-hybridized carbons (Fsp3) is 0.0930. The van der Waals surface area contributed by atoms with Crippen LogP contribution < -0.4 is 0 Å². The predicted octanol–water partition coefficient (Wildman–Crippen LogP) is 10.5. The first-order valence-corrected chi connectivity index (χ1v) is 15.7. The number of benzene rings is 5. The number of amidine groups is 2. The van der Waals surface area contributed by atoms with Crippen molar-refractivity contribution in [3.63, 3.8) is 0 Å². The van der Waals surface area contributed by atoms with Gasteiger partial charge in [0.1, 0.15) is 0 Å². The van der Waals surface area contributed by atoms with Gasteiger partial charge in [0.15, 0.2) is 11.7 Å². The molecule has 0 unspecified atom stereocenters. The Kier molecular flexibility index (Phi) is 7.82. The molecule has 0 atom stereocenters. The second-order valence-electron chi connectivity index (χ2n) is 11.7. The Hall–Kier alpha value is -5.67. The van der Waals surface area contributed by atoms with Gasteiger partial charge in [-0.1, -0.05) is 121 Å². The minimum absolute atomic E-state index is 0.413. The normalized spacial score (nSPS) is 15.2. The maximum Gasteiger partial charge on any atom is 0.160 e. The molecule has 0 aliphatic heterocycles. The zero-order valence-electron chi connectivity index (χ0n) is 25.9. The van der Waals surface area contributed by atoms with Gasteiger partial charge in [0, 0.05) is 11.1 Å². The van der Waals surface area contributed by atoms with Crippen molar-refractivity contribution in [1.82, 2.24) is 0 Å². The summed E-state index contributed by atoms with van der Waals surface area (Å²) in [5.41, 5.74) is 9.76. The van der Waals surface area contributed by atoms with E-state index in [1.54, 1.807) is 0 Å². The van der Waals surface area contributed by atoms with Crippen molar-refractivity contribution in [2.45, 2.75) is 24.8 Å². The van der Waals surface area contributed by atoms with Gasteiger partial charge in [-0.05, 0) is 87.5 Å². The third-order valence-electron chi connectivity index (χ3n) is 9.10. The van der Waals surface area contributed by atoms with Crippen molar-refractivity contribution in [1.29, 1.82) is 0 Å². The van der Waals surface area contributed by atoms with Crippen molar-refractivity contribution in [3.8, 4) is 22.3 Å². The topological polar surface area (TPSA) is 37.1 Å². The summed E-state index contributed by atoms with van der Waals surface area (Å²) in [5.74, 6) is 1.22. The third-order valence-corrected chi connectivity index (χ3v) is 9.10. The van der Waals surface area contributed by atoms with Crippen molar-refractivity contribution >= 4 is 29.2 Å². The molecule has 2 aliphatic rings. The first-order chi connectivity index (χ1) is 22.6. The summed E-state index contributed by atoms with van der Waals surface area (Å²) in [6, 6.07) is 38.5. The quantitative estimate of drug-likeness (QED) is 0.102. The fourth-order valence-corrected chi connectivity index (χ4v) is 6.74. The smallest absolute Gasteiger partial charge is 0.160 e. The first-order valence-electron chi connectivity index (χ1n) is 15.7. The van der Waals surface area contributed by atoms with E-state index >= 15 is 0 Å². The van der Waals surface area contributed by atoms with Crippen molar-refractivity contribution in [2.75, 3.05) is 0 Å². The Morgan fingerprint density at radius 1 is 0.696 bits per heavy atom. The Morgan fingerprint density at radius 2 is 1.41 bits per heavy atom. The average Bonchev–Trinajstić information content (AvgIpc) is 3.41. The number of hydrogen-bond acceptors (Lipinski definition) is 1. The van der Waals surface area contributed by atoms with Crippen LogP contribution in [0.25, 0.3) is 33.0 Å². The molecule has 0 bridgehead atoms. The Labute approximate surface area is 271 Å². The fourth-order valence-electron chi connectivity index (χ4n) is 6.74. The molecule has 0 heterocycles. The van der Waals surface area contributed by atoms with Crippen LogP contribution in [0.2, 0.25) is 0 Å². The number of rotatable bonds is 7. The van der Waals surface area contributed by atoms with Gasteiger partial charge < -0.3 is 0 Å². The molecule has 46 heavy (non-hydrogen) atoms. The summed E-state index contributed by atoms with van der Waals surface area (Å²) in [4.78, 5) is 14.4. The highest BCUT2D eigenvalue weighted by molar-refractivity contribution is 6.13. The van der Waals surface area contributed by atoms with Crippen LogP contribution in [0, 0.1) is 0 Å². The molecule has 0 spiro atoms. The lowest BCUT2D eigenvalue weighted by Gasteiger charge is -2.24. The van der Waals surface area contributed by atoms with Crippen LogP contribution in [0.3, 0.4) is 0 Å². The number of nitrogens with zero attached hydrogens (tertiary/aromatic N) is 3. The molecule has 0 amide bonds. The molecule has 3 heteroatoms. The van der Waals surface area contributed by atoms with Crippen molar-refractivity contribution in [3.05, 3.63) is 181 Å². The molecule has 0 N–H and O–H groups in total. The molecule has 3 nitrogen and oxygen atoms in total. The van der Waals surface area contributed by atoms with Crippen molar-refractivity contribution < 1.29 is 0 Å². The highest BCUT2D eigenvalue weighted by Crippen LogP contribution is 2.51. The Balaban J connectivity index is 1.37. The summed E-state index contributed by atoms with van der Waals surface area (Å²) in [6.45, 7) is 12.7. The number of fused-ring (bicyclic) bond motifs is 4. The van der Waals surface area contributed by atoms with E-state index in [9.17, 15) is 0 Å². The third kappa shape index (κ3) is 5.10. The van der Waals surface area contributed by atoms with Crippen LogP contribution >= 0.6 is 0 Å². The SMILES string of the molecule is C=CC1(C=C)c2ccccc2-c2cc(-c3cc4ccccc4cc3C/N=C(\N=C(/N=C)C3=CCCC=C3)c3ccccc3)ccc21. The van der Waals surface area contributed by atoms with Gasteiger partial charge >= 0.3 is 0 Å². The Morgan fingerprint density at radius 3 is 2.15 bits per heavy atom. The van der Waals surface area contributed by atoms with Crippen LogP contribution in [0.4, 0.5) is 0 Å². The van der Waals surface area contributed by atoms with Gasteiger partial charge in [-0.2, -0.15) is 0 Å². The van der Waals surface area contributed by atoms with E-state index in [1.807, 2.05) is 42.5 Å². The molecule has 0 radical (unpaired) electrons. The number of aliphatic imine (C=N–C) groups is 3. The van der Waals surface area contributed by atoms with Gasteiger partial charge in [0.2, 0.25) is 0 Å². The Bertz CT molecular complexity index is 2120. The van der Waals surface area contributed by atoms with E-state index < -0.39 is 5.41 Å². The maximum atomic E-state index is 5.16. The van der Waals surface area contributed by atoms with Gasteiger partial charge in [-0.15, -0.1) is 13.2 Å². The van der Waals surface area contributed by atoms with Crippen molar-refractivity contribution in [2.24, 2.45) is 15.0 Å². The summed E-state index contributed by atoms with van der Waals surface area (Å²) in [5, 5.41) is 2.36. The molecule has 0 aromatic heterocycles. The van der Waals surface area contributed by atoms with E-state index in [0.29, 0.717) is 18.2 Å². The molecule has 5 aromatic rings. The zero-order chi connectivity index (χ0) is 31.5. The van der Waals surface area contributed by atoms with Gasteiger partial charge in [0.05, 0.1) is 12.0 Å². The number of hydrogen-bond donors (Lipinski definition) is 0. The lowest BCUT2D eigenvalue weighted by molar-refractivity contribution is 0.850. The lowest BCUT2D eigenvalue weighted by Crippen LogP contribution is -2.18. The molecular weight excluding hydrogens is 558 g/mol. The zero-order valence-corrected chi connectivity index (χ0v) is 25.9. The molecule has 0 saturated carbocycles. The standard InChI is InChI=1S/C43H35N3/c1-4-43(5-2)39-23-15-14-22-36(39)38-28-34(24-25-40(38)43)37-27-33-21-13-12-20-32(33)26-35(37)29-45-42(31-18-10-7-11-19-31)46-41(44-3)30-16-8-6-9-17-30/h4-5,7-8,10-28H,1-3,6,9,29H2/b45-42-,46-41-. The summed E-state index contributed by atoms with van der Waals surface area (Å²) < 4.78 is 0. The van der Waals surface area contributed by atoms with Crippen LogP contribution in [0.5, 0.6) is 0 Å². The first kappa shape index (κ1) is 29.1. The van der Waals surface area contributed by atoms with E-state index in [1.165, 1.54) is 33.0 Å². The largest absolute Gasteiger partial charge is 0.261 e. The molecule has 222 valence electrons. The molecule has 7 rings (SSSR count). The molecular formula is C43H35N3. The van der Waals surface area contributed by atoms with E-state index in [0.717, 1.165) is 40.7 Å². The van der Waals surface area contributed by atoms with Crippen LogP contribution in [-0.2, 0) is 12.0 Å². The van der Waals surface area contributed by atoms with Gasteiger partial charge in [-0.25, -0.2) is 9.98 Å². The minimum atomic E-state index is -0.413. The highest BCUT2D eigenvalue weighted by atomic mass is 15.0. The van der Waals surface area contributed by atoms with Crippen LogP contribution in [0.15, 0.2) is 173 Å². The summed E-state index contributed by atoms with van der Waals surface area (Å²) >= 11 is 0. The molecule has 5 aromatic carbocycles. The predicted molar refractivity (Wildman–Crippen MR) is 196 cm³/mol. The monoisotopic (exact) mass is 593 g/mol. The molecule has 0 fully saturated rings. The molecule has 0 saturated heterocycles. The molecule has 2 aliphatic carbocycles. The minimum Gasteiger partial charge on any atom is -0.261 e. The summed E-state index contributed by atoms with van der Waals surface area (Å²) in [6.07, 6.45) is 12.4. The number of allylic oxidation sites excluding steroid dienone is 4. The highest BCUT2D eigenvalue weighted by Gasteiger charge is 2.38. The maximum absolute atomic E-state index is 5.16. The van der Waals surface area contributed by atoms with E-state index in [-0.39, 0.29) is 0 Å². The second kappa shape index (κ2) is 12.4. The van der Waals surface area contributed by atoms with E-state index in [4.69, 9.17) is 9.98 Å². The van der Waals surface area contributed by atoms with Crippen LogP contribution in [-0.4, -0.2) is 18.4 Å². The van der Waals surface area contributed by atoms with E-state index in [2.05, 4.69) is 122 Å². The van der Waals surface area contributed by atoms with Gasteiger partial charge in [-0.3, -0.25) is 4.99 Å². The second-order valence-corrected chi connectivity index (χ2v) is 11.7. The van der Waals surface area contributed by atoms with Crippen LogP contribution in [0.1, 0.15) is 35.1 Å². The van der Waals surface area contributed by atoms with Gasteiger partial charge in [0.25, 0.3) is 0 Å². The summed E-state index contributed by atoms with van der Waals surface area (Å²) in [7, 11) is 0.